The van der Waals surface area contributed by atoms with Crippen LogP contribution in [-0.4, -0.2) is 23.4 Å². The van der Waals surface area contributed by atoms with E-state index in [4.69, 9.17) is 0 Å². The zero-order valence-electron chi connectivity index (χ0n) is 5.00. The van der Waals surface area contributed by atoms with Crippen molar-refractivity contribution in [3.05, 3.63) is 12.4 Å². The molecule has 0 spiro atoms. The second-order valence-corrected chi connectivity index (χ2v) is 2.38. The molecule has 2 aliphatic heterocycles. The van der Waals surface area contributed by atoms with Crippen molar-refractivity contribution in [3.63, 3.8) is 0 Å². The molecule has 1 N–H and O–H groups in total. The third kappa shape index (κ3) is 0.542. The molecule has 1 saturated heterocycles. The van der Waals surface area contributed by atoms with Crippen LogP contribution in [0.5, 0.6) is 0 Å². The van der Waals surface area contributed by atoms with Crippen LogP contribution in [0.3, 0.4) is 0 Å². The van der Waals surface area contributed by atoms with Gasteiger partial charge in [0.2, 0.25) is 5.91 Å². The Kier molecular flexibility index (Phi) is 0.806. The first kappa shape index (κ1) is 4.85. The van der Waals surface area contributed by atoms with Crippen molar-refractivity contribution < 1.29 is 4.79 Å². The summed E-state index contributed by atoms with van der Waals surface area (Å²) in [5.41, 5.74) is 0. The molecule has 0 aliphatic carbocycles. The highest BCUT2D eigenvalue weighted by atomic mass is 16.2. The largest absolute Gasteiger partial charge is 0.388 e. The van der Waals surface area contributed by atoms with Gasteiger partial charge in [0, 0.05) is 25.4 Å². The molecule has 0 aromatic rings. The van der Waals surface area contributed by atoms with Crippen molar-refractivity contribution in [2.75, 3.05) is 6.54 Å². The number of hydrogen-bond acceptors (Lipinski definition) is 2. The summed E-state index contributed by atoms with van der Waals surface area (Å²) >= 11 is 0. The maximum absolute atomic E-state index is 10.7. The van der Waals surface area contributed by atoms with Gasteiger partial charge in [0.1, 0.15) is 0 Å². The van der Waals surface area contributed by atoms with Gasteiger partial charge in [0.25, 0.3) is 0 Å². The number of fused-ring (bicyclic) bond motifs is 1. The smallest absolute Gasteiger partial charge is 0.229 e. The highest BCUT2D eigenvalue weighted by Gasteiger charge is 2.35. The lowest BCUT2D eigenvalue weighted by Crippen LogP contribution is -2.55. The molecule has 9 heavy (non-hydrogen) atoms. The molecule has 0 saturated carbocycles. The Hall–Kier alpha value is -0.990. The average molecular weight is 124 g/mol. The molecule has 2 rings (SSSR count). The van der Waals surface area contributed by atoms with Crippen LogP contribution in [0.25, 0.3) is 0 Å². The minimum Gasteiger partial charge on any atom is -0.388 e. The highest BCUT2D eigenvalue weighted by Crippen LogP contribution is 2.20. The summed E-state index contributed by atoms with van der Waals surface area (Å²) in [4.78, 5) is 12.5. The molecule has 0 aromatic carbocycles. The quantitative estimate of drug-likeness (QED) is 0.448. The van der Waals surface area contributed by atoms with E-state index in [0.29, 0.717) is 6.04 Å². The molecular formula is C6H8N2O. The van der Waals surface area contributed by atoms with Crippen LogP contribution in [-0.2, 0) is 4.79 Å². The van der Waals surface area contributed by atoms with Crippen LogP contribution < -0.4 is 5.32 Å². The molecular weight excluding hydrogens is 116 g/mol. The van der Waals surface area contributed by atoms with Crippen molar-refractivity contribution in [1.29, 1.82) is 0 Å². The van der Waals surface area contributed by atoms with E-state index in [2.05, 4.69) is 5.32 Å². The van der Waals surface area contributed by atoms with Crippen LogP contribution in [0.2, 0.25) is 0 Å². The molecule has 0 radical (unpaired) electrons. The zero-order chi connectivity index (χ0) is 6.27. The molecule has 1 fully saturated rings. The van der Waals surface area contributed by atoms with E-state index in [9.17, 15) is 4.79 Å². The third-order valence-electron chi connectivity index (χ3n) is 1.80. The van der Waals surface area contributed by atoms with E-state index >= 15 is 0 Å². The van der Waals surface area contributed by atoms with Crippen molar-refractivity contribution >= 4 is 5.91 Å². The summed E-state index contributed by atoms with van der Waals surface area (Å²) < 4.78 is 0. The molecule has 3 nitrogen and oxygen atoms in total. The summed E-state index contributed by atoms with van der Waals surface area (Å²) in [6.45, 7) is 0.919. The summed E-state index contributed by atoms with van der Waals surface area (Å²) in [7, 11) is 0. The fourth-order valence-corrected chi connectivity index (χ4v) is 1.21. The van der Waals surface area contributed by atoms with Crippen LogP contribution >= 0.6 is 0 Å². The average Bonchev–Trinajstić information content (AvgIpc) is 1.86. The minimum absolute atomic E-state index is 0.248. The Morgan fingerprint density at radius 1 is 1.78 bits per heavy atom. The number of nitrogens with zero attached hydrogens (tertiary/aromatic N) is 1. The molecule has 0 unspecified atom stereocenters. The third-order valence-corrected chi connectivity index (χ3v) is 1.80. The molecule has 0 bridgehead atoms. The molecule has 0 aromatic heterocycles. The molecule has 1 amide bonds. The van der Waals surface area contributed by atoms with Crippen LogP contribution in [0.4, 0.5) is 0 Å². The lowest BCUT2D eigenvalue weighted by Gasteiger charge is -2.40. The van der Waals surface area contributed by atoms with Gasteiger partial charge in [0.15, 0.2) is 0 Å². The topological polar surface area (TPSA) is 32.3 Å². The van der Waals surface area contributed by atoms with E-state index in [-0.39, 0.29) is 5.91 Å². The van der Waals surface area contributed by atoms with Crippen molar-refractivity contribution in [2.45, 2.75) is 12.5 Å². The normalized spacial score (nSPS) is 30.9. The first-order valence-electron chi connectivity index (χ1n) is 3.09. The Morgan fingerprint density at radius 2 is 2.67 bits per heavy atom. The first-order chi connectivity index (χ1) is 4.38. The van der Waals surface area contributed by atoms with E-state index < -0.39 is 0 Å². The van der Waals surface area contributed by atoms with Crippen molar-refractivity contribution in [1.82, 2.24) is 10.2 Å². The van der Waals surface area contributed by atoms with Gasteiger partial charge in [-0.2, -0.15) is 0 Å². The van der Waals surface area contributed by atoms with Crippen LogP contribution in [0, 0.1) is 0 Å². The summed E-state index contributed by atoms with van der Waals surface area (Å²) in [5.74, 6) is 0.248. The molecule has 2 aliphatic rings. The molecule has 3 heteroatoms. The van der Waals surface area contributed by atoms with E-state index in [1.807, 2.05) is 6.20 Å². The maximum Gasteiger partial charge on any atom is 0.229 e. The number of carbonyl (C=O) groups excluding carboxylic acids is 1. The first-order valence-corrected chi connectivity index (χ1v) is 3.09. The van der Waals surface area contributed by atoms with Gasteiger partial charge >= 0.3 is 0 Å². The number of nitrogens with one attached hydrogen (secondary N) is 1. The Morgan fingerprint density at radius 3 is 3.22 bits per heavy atom. The molecule has 1 atom stereocenters. The number of rotatable bonds is 0. The Bertz CT molecular complexity index is 176. The van der Waals surface area contributed by atoms with Gasteiger partial charge in [-0.25, -0.2) is 0 Å². The van der Waals surface area contributed by atoms with Crippen LogP contribution in [0.1, 0.15) is 6.42 Å². The number of amides is 1. The second-order valence-electron chi connectivity index (χ2n) is 2.38. The summed E-state index contributed by atoms with van der Waals surface area (Å²) in [6.07, 6.45) is 4.34. The fourth-order valence-electron chi connectivity index (χ4n) is 1.21. The lowest BCUT2D eigenvalue weighted by atomic mass is 10.0. The van der Waals surface area contributed by atoms with Crippen LogP contribution in [0.15, 0.2) is 12.4 Å². The molecule has 2 heterocycles. The lowest BCUT2D eigenvalue weighted by molar-refractivity contribution is -0.141. The zero-order valence-corrected chi connectivity index (χ0v) is 5.00. The number of hydrogen-bond donors (Lipinski definition) is 1. The highest BCUT2D eigenvalue weighted by molar-refractivity contribution is 5.84. The maximum atomic E-state index is 10.7. The van der Waals surface area contributed by atoms with Gasteiger partial charge in [-0.1, -0.05) is 0 Å². The summed E-state index contributed by atoms with van der Waals surface area (Å²) in [6, 6.07) is 0.447. The Balaban J connectivity index is 2.16. The predicted molar refractivity (Wildman–Crippen MR) is 32.4 cm³/mol. The number of β-lactam (4-membered cyclic amide) rings is 1. The van der Waals surface area contributed by atoms with Gasteiger partial charge in [-0.3, -0.25) is 4.79 Å². The van der Waals surface area contributed by atoms with E-state index in [1.165, 1.54) is 0 Å². The van der Waals surface area contributed by atoms with Crippen molar-refractivity contribution in [2.24, 2.45) is 0 Å². The van der Waals surface area contributed by atoms with E-state index in [0.717, 1.165) is 13.0 Å². The predicted octanol–water partition coefficient (Wildman–Crippen LogP) is -0.338. The number of carbonyl (C=O) groups is 1. The van der Waals surface area contributed by atoms with E-state index in [1.54, 1.807) is 11.1 Å². The minimum atomic E-state index is 0.248. The second kappa shape index (κ2) is 1.50. The monoisotopic (exact) mass is 124 g/mol. The standard InChI is InChI=1S/C6H8N2O/c9-6-3-5-4-7-1-2-8(5)6/h1-2,5,7H,3-4H2/t5-/m1/s1. The summed E-state index contributed by atoms with van der Waals surface area (Å²) in [5, 5.41) is 3.06. The van der Waals surface area contributed by atoms with Gasteiger partial charge in [-0.15, -0.1) is 0 Å². The molecule has 48 valence electrons. The van der Waals surface area contributed by atoms with Gasteiger partial charge < -0.3 is 10.2 Å². The van der Waals surface area contributed by atoms with Gasteiger partial charge in [-0.05, 0) is 0 Å². The fraction of sp³-hybridized carbons (Fsp3) is 0.500. The Labute approximate surface area is 53.3 Å². The SMILES string of the molecule is O=C1C[C@@H]2CNC=CN12. The van der Waals surface area contributed by atoms with Gasteiger partial charge in [0.05, 0.1) is 6.04 Å². The van der Waals surface area contributed by atoms with Crippen molar-refractivity contribution in [3.8, 4) is 0 Å².